The molecule has 0 aliphatic rings. The maximum Gasteiger partial charge on any atom is 0.274 e. The van der Waals surface area contributed by atoms with Crippen molar-refractivity contribution in [2.75, 3.05) is 6.54 Å². The Morgan fingerprint density at radius 1 is 1.46 bits per heavy atom. The minimum absolute atomic E-state index is 0.0282. The van der Waals surface area contributed by atoms with Crippen LogP contribution in [-0.4, -0.2) is 11.5 Å². The van der Waals surface area contributed by atoms with Gasteiger partial charge in [0, 0.05) is 24.2 Å². The number of nitro benzene ring substituents is 1. The van der Waals surface area contributed by atoms with Crippen LogP contribution in [0.3, 0.4) is 0 Å². The lowest BCUT2D eigenvalue weighted by atomic mass is 10.1. The zero-order valence-electron chi connectivity index (χ0n) is 7.01. The number of para-hydroxylation sites is 1. The van der Waals surface area contributed by atoms with Gasteiger partial charge in [-0.25, -0.2) is 0 Å². The van der Waals surface area contributed by atoms with Crippen molar-refractivity contribution < 1.29 is 4.92 Å². The smallest absolute Gasteiger partial charge is 0.274 e. The maximum absolute atomic E-state index is 10.6. The minimum Gasteiger partial charge on any atom is -0.329 e. The fourth-order valence-corrected chi connectivity index (χ4v) is 1.09. The van der Waals surface area contributed by atoms with Crippen LogP contribution >= 0.6 is 0 Å². The van der Waals surface area contributed by atoms with Crippen molar-refractivity contribution in [3.63, 3.8) is 0 Å². The van der Waals surface area contributed by atoms with E-state index in [1.807, 2.05) is 0 Å². The van der Waals surface area contributed by atoms with Crippen molar-refractivity contribution in [2.24, 2.45) is 11.5 Å². The van der Waals surface area contributed by atoms with E-state index >= 15 is 0 Å². The van der Waals surface area contributed by atoms with Crippen LogP contribution in [0.15, 0.2) is 24.3 Å². The van der Waals surface area contributed by atoms with Gasteiger partial charge in [-0.1, -0.05) is 18.2 Å². The Morgan fingerprint density at radius 2 is 2.08 bits per heavy atom. The van der Waals surface area contributed by atoms with Crippen molar-refractivity contribution in [3.05, 3.63) is 39.9 Å². The molecule has 1 atom stereocenters. The predicted molar refractivity (Wildman–Crippen MR) is 49.1 cm³/mol. The highest BCUT2D eigenvalue weighted by Crippen LogP contribution is 2.22. The SMILES string of the molecule is NC[C@H](N)c1ccccc1[N+](=O)[O-]. The van der Waals surface area contributed by atoms with Crippen LogP contribution in [0.25, 0.3) is 0 Å². The van der Waals surface area contributed by atoms with E-state index < -0.39 is 11.0 Å². The van der Waals surface area contributed by atoms with Gasteiger partial charge in [-0.2, -0.15) is 0 Å². The van der Waals surface area contributed by atoms with Gasteiger partial charge in [-0.15, -0.1) is 0 Å². The molecule has 0 radical (unpaired) electrons. The summed E-state index contributed by atoms with van der Waals surface area (Å²) in [5.41, 5.74) is 11.4. The van der Waals surface area contributed by atoms with Crippen LogP contribution < -0.4 is 11.5 Å². The molecule has 1 aromatic rings. The lowest BCUT2D eigenvalue weighted by molar-refractivity contribution is -0.385. The van der Waals surface area contributed by atoms with Gasteiger partial charge >= 0.3 is 0 Å². The lowest BCUT2D eigenvalue weighted by Gasteiger charge is -2.08. The van der Waals surface area contributed by atoms with E-state index in [-0.39, 0.29) is 12.2 Å². The van der Waals surface area contributed by atoms with Crippen LogP contribution in [0, 0.1) is 10.1 Å². The average Bonchev–Trinajstić information content (AvgIpc) is 2.16. The van der Waals surface area contributed by atoms with Crippen LogP contribution in [0.5, 0.6) is 0 Å². The molecule has 13 heavy (non-hydrogen) atoms. The molecule has 0 bridgehead atoms. The van der Waals surface area contributed by atoms with Crippen LogP contribution in [-0.2, 0) is 0 Å². The molecule has 5 nitrogen and oxygen atoms in total. The number of nitrogens with two attached hydrogens (primary N) is 2. The summed E-state index contributed by atoms with van der Waals surface area (Å²) >= 11 is 0. The fraction of sp³-hybridized carbons (Fsp3) is 0.250. The molecule has 0 aliphatic heterocycles. The van der Waals surface area contributed by atoms with Gasteiger partial charge in [0.15, 0.2) is 0 Å². The highest BCUT2D eigenvalue weighted by molar-refractivity contribution is 5.41. The third-order valence-corrected chi connectivity index (χ3v) is 1.79. The topological polar surface area (TPSA) is 95.2 Å². The van der Waals surface area contributed by atoms with Gasteiger partial charge in [0.25, 0.3) is 5.69 Å². The number of hydrogen-bond donors (Lipinski definition) is 2. The first-order chi connectivity index (χ1) is 6.16. The summed E-state index contributed by atoms with van der Waals surface area (Å²) in [6.45, 7) is 0.199. The van der Waals surface area contributed by atoms with Gasteiger partial charge in [0.1, 0.15) is 0 Å². The first-order valence-electron chi connectivity index (χ1n) is 3.85. The molecule has 0 unspecified atom stereocenters. The maximum atomic E-state index is 10.6. The molecule has 4 N–H and O–H groups in total. The Labute approximate surface area is 75.5 Å². The number of hydrogen-bond acceptors (Lipinski definition) is 4. The van der Waals surface area contributed by atoms with Gasteiger partial charge in [0.05, 0.1) is 4.92 Å². The van der Waals surface area contributed by atoms with E-state index in [1.165, 1.54) is 6.07 Å². The highest BCUT2D eigenvalue weighted by Gasteiger charge is 2.16. The van der Waals surface area contributed by atoms with Crippen LogP contribution in [0.1, 0.15) is 11.6 Å². The molecule has 0 spiro atoms. The quantitative estimate of drug-likeness (QED) is 0.525. The van der Waals surface area contributed by atoms with Gasteiger partial charge in [-0.3, -0.25) is 10.1 Å². The first-order valence-corrected chi connectivity index (χ1v) is 3.85. The van der Waals surface area contributed by atoms with Gasteiger partial charge in [-0.05, 0) is 0 Å². The van der Waals surface area contributed by atoms with E-state index in [2.05, 4.69) is 0 Å². The van der Waals surface area contributed by atoms with E-state index in [9.17, 15) is 10.1 Å². The van der Waals surface area contributed by atoms with Crippen LogP contribution in [0.2, 0.25) is 0 Å². The summed E-state index contributed by atoms with van der Waals surface area (Å²) < 4.78 is 0. The van der Waals surface area contributed by atoms with E-state index in [0.717, 1.165) is 0 Å². The monoisotopic (exact) mass is 181 g/mol. The molecule has 0 saturated carbocycles. The minimum atomic E-state index is -0.471. The Morgan fingerprint density at radius 3 is 2.62 bits per heavy atom. The van der Waals surface area contributed by atoms with Crippen molar-refractivity contribution in [2.45, 2.75) is 6.04 Å². The summed E-state index contributed by atoms with van der Waals surface area (Å²) in [5.74, 6) is 0. The lowest BCUT2D eigenvalue weighted by Crippen LogP contribution is -2.21. The largest absolute Gasteiger partial charge is 0.329 e. The molecule has 5 heteroatoms. The average molecular weight is 181 g/mol. The number of nitro groups is 1. The second-order valence-corrected chi connectivity index (χ2v) is 2.66. The summed E-state index contributed by atoms with van der Waals surface area (Å²) in [7, 11) is 0. The summed E-state index contributed by atoms with van der Waals surface area (Å²) in [5, 5.41) is 10.6. The fourth-order valence-electron chi connectivity index (χ4n) is 1.09. The van der Waals surface area contributed by atoms with Crippen molar-refractivity contribution in [3.8, 4) is 0 Å². The molecule has 0 heterocycles. The Bertz CT molecular complexity index is 314. The normalized spacial score (nSPS) is 12.5. The van der Waals surface area contributed by atoms with Crippen molar-refractivity contribution >= 4 is 5.69 Å². The summed E-state index contributed by atoms with van der Waals surface area (Å²) in [4.78, 5) is 10.1. The summed E-state index contributed by atoms with van der Waals surface area (Å²) in [6, 6.07) is 5.88. The van der Waals surface area contributed by atoms with E-state index in [0.29, 0.717) is 5.56 Å². The molecular formula is C8H11N3O2. The second-order valence-electron chi connectivity index (χ2n) is 2.66. The van der Waals surface area contributed by atoms with Gasteiger partial charge in [0.2, 0.25) is 0 Å². The number of nitrogens with zero attached hydrogens (tertiary/aromatic N) is 1. The molecule has 70 valence electrons. The zero-order valence-corrected chi connectivity index (χ0v) is 7.01. The molecule has 1 rings (SSSR count). The Balaban J connectivity index is 3.11. The Hall–Kier alpha value is -1.46. The standard InChI is InChI=1S/C8H11N3O2/c9-5-7(10)6-3-1-2-4-8(6)11(12)13/h1-4,7H,5,9-10H2/t7-/m0/s1. The highest BCUT2D eigenvalue weighted by atomic mass is 16.6. The number of rotatable bonds is 3. The van der Waals surface area contributed by atoms with Gasteiger partial charge < -0.3 is 11.5 Å². The third-order valence-electron chi connectivity index (χ3n) is 1.79. The molecular weight excluding hydrogens is 170 g/mol. The zero-order chi connectivity index (χ0) is 9.84. The second kappa shape index (κ2) is 3.97. The number of benzene rings is 1. The Kier molecular flexibility index (Phi) is 2.94. The van der Waals surface area contributed by atoms with Crippen molar-refractivity contribution in [1.82, 2.24) is 0 Å². The molecule has 1 aromatic carbocycles. The predicted octanol–water partition coefficient (Wildman–Crippen LogP) is 0.553. The van der Waals surface area contributed by atoms with E-state index in [4.69, 9.17) is 11.5 Å². The van der Waals surface area contributed by atoms with Crippen molar-refractivity contribution in [1.29, 1.82) is 0 Å². The molecule has 0 saturated heterocycles. The molecule has 0 aromatic heterocycles. The molecule has 0 aliphatic carbocycles. The first kappa shape index (κ1) is 9.63. The van der Waals surface area contributed by atoms with Crippen LogP contribution in [0.4, 0.5) is 5.69 Å². The molecule has 0 fully saturated rings. The summed E-state index contributed by atoms with van der Waals surface area (Å²) in [6.07, 6.45) is 0. The third kappa shape index (κ3) is 2.01. The molecule has 0 amide bonds. The van der Waals surface area contributed by atoms with E-state index in [1.54, 1.807) is 18.2 Å².